The van der Waals surface area contributed by atoms with Crippen LogP contribution in [0.4, 0.5) is 0 Å². The van der Waals surface area contributed by atoms with Gasteiger partial charge in [0, 0.05) is 0 Å². The zero-order valence-electron chi connectivity index (χ0n) is 8.82. The zero-order valence-corrected chi connectivity index (χ0v) is 10.8. The molecule has 0 unspecified atom stereocenters. The van der Waals surface area contributed by atoms with Crippen LogP contribution in [-0.2, 0) is 4.74 Å². The summed E-state index contributed by atoms with van der Waals surface area (Å²) in [4.78, 5) is 11.3. The van der Waals surface area contributed by atoms with E-state index in [4.69, 9.17) is 4.74 Å². The van der Waals surface area contributed by atoms with E-state index in [0.29, 0.717) is 12.2 Å². The third-order valence-electron chi connectivity index (χ3n) is 1.74. The fourth-order valence-electron chi connectivity index (χ4n) is 0.967. The van der Waals surface area contributed by atoms with Crippen LogP contribution in [0, 0.1) is 0 Å². The van der Waals surface area contributed by atoms with Gasteiger partial charge >= 0.3 is 35.5 Å². The number of hydrogen-bond donors (Lipinski definition) is 0. The van der Waals surface area contributed by atoms with Gasteiger partial charge in [-0.25, -0.2) is 4.79 Å². The molecule has 14 heavy (non-hydrogen) atoms. The number of carbonyl (C=O) groups excluding carboxylic acids is 1. The Morgan fingerprint density at radius 2 is 1.93 bits per heavy atom. The molecule has 70 valence electrons. The third-order valence-corrected chi connectivity index (χ3v) is 1.74. The number of rotatable bonds is 4. The molecule has 0 heterocycles. The molecule has 1 aromatic rings. The van der Waals surface area contributed by atoms with Crippen molar-refractivity contribution in [2.75, 3.05) is 6.61 Å². The second-order valence-electron chi connectivity index (χ2n) is 2.86. The minimum Gasteiger partial charge on any atom is -0.462 e. The summed E-state index contributed by atoms with van der Waals surface area (Å²) >= 11 is 0. The molecule has 3 heteroatoms. The summed E-state index contributed by atoms with van der Waals surface area (Å²) in [5, 5.41) is 0. The predicted octanol–water partition coefficient (Wildman–Crippen LogP) is -0.353. The minimum atomic E-state index is -0.228. The first kappa shape index (κ1) is 13.7. The molecule has 0 amide bonds. The Morgan fingerprint density at radius 3 is 2.50 bits per heavy atom. The van der Waals surface area contributed by atoms with E-state index in [2.05, 4.69) is 6.92 Å². The van der Waals surface area contributed by atoms with Crippen LogP contribution in [0.2, 0.25) is 0 Å². The summed E-state index contributed by atoms with van der Waals surface area (Å²) in [5.41, 5.74) is 0.624. The van der Waals surface area contributed by atoms with E-state index in [1.807, 2.05) is 18.2 Å². The van der Waals surface area contributed by atoms with E-state index in [-0.39, 0.29) is 35.5 Å². The smallest absolute Gasteiger partial charge is 0.462 e. The van der Waals surface area contributed by atoms with Gasteiger partial charge in [-0.2, -0.15) is 0 Å². The van der Waals surface area contributed by atoms with Crippen molar-refractivity contribution in [1.29, 1.82) is 0 Å². The second kappa shape index (κ2) is 8.04. The molecule has 0 fully saturated rings. The van der Waals surface area contributed by atoms with Crippen LogP contribution in [0.3, 0.4) is 0 Å². The number of carbonyl (C=O) groups is 1. The van der Waals surface area contributed by atoms with Gasteiger partial charge in [-0.15, -0.1) is 0 Å². The molecular formula is C11H14NaO2+. The maximum atomic E-state index is 11.3. The molecule has 0 bridgehead atoms. The summed E-state index contributed by atoms with van der Waals surface area (Å²) in [7, 11) is 0. The topological polar surface area (TPSA) is 26.3 Å². The quantitative estimate of drug-likeness (QED) is 0.378. The largest absolute Gasteiger partial charge is 1.00 e. The van der Waals surface area contributed by atoms with E-state index >= 15 is 0 Å². The predicted molar refractivity (Wildman–Crippen MR) is 51.6 cm³/mol. The fraction of sp³-hybridized carbons (Fsp3) is 0.364. The number of esters is 1. The molecule has 0 saturated carbocycles. The molecule has 0 aliphatic carbocycles. The van der Waals surface area contributed by atoms with Gasteiger partial charge in [-0.1, -0.05) is 31.5 Å². The molecular weight excluding hydrogens is 187 g/mol. The van der Waals surface area contributed by atoms with Crippen LogP contribution in [0.1, 0.15) is 30.1 Å². The Kier molecular flexibility index (Phi) is 7.86. The van der Waals surface area contributed by atoms with E-state index in [1.165, 1.54) is 0 Å². The van der Waals surface area contributed by atoms with E-state index < -0.39 is 0 Å². The van der Waals surface area contributed by atoms with Crippen molar-refractivity contribution in [2.45, 2.75) is 19.8 Å². The standard InChI is InChI=1S/C11H14O2.Na/c1-2-3-9-13-11(12)10-7-5-4-6-8-10;/h4-8H,2-3,9H2,1H3;/q;+1. The normalized spacial score (nSPS) is 8.93. The summed E-state index contributed by atoms with van der Waals surface area (Å²) in [6.07, 6.45) is 1.97. The van der Waals surface area contributed by atoms with Crippen molar-refractivity contribution in [1.82, 2.24) is 0 Å². The van der Waals surface area contributed by atoms with Gasteiger partial charge in [0.1, 0.15) is 0 Å². The molecule has 1 rings (SSSR count). The van der Waals surface area contributed by atoms with Gasteiger partial charge in [0.05, 0.1) is 12.2 Å². The first-order valence-corrected chi connectivity index (χ1v) is 4.56. The average Bonchev–Trinajstić information content (AvgIpc) is 2.19. The first-order chi connectivity index (χ1) is 6.34. The number of unbranched alkanes of at least 4 members (excludes halogenated alkanes) is 1. The van der Waals surface area contributed by atoms with Crippen molar-refractivity contribution in [3.63, 3.8) is 0 Å². The Hall–Kier alpha value is -0.310. The molecule has 0 radical (unpaired) electrons. The average molecular weight is 201 g/mol. The number of ether oxygens (including phenoxy) is 1. The van der Waals surface area contributed by atoms with Gasteiger partial charge in [0.25, 0.3) is 0 Å². The molecule has 0 spiro atoms. The zero-order chi connectivity index (χ0) is 9.52. The Balaban J connectivity index is 0.00000169. The van der Waals surface area contributed by atoms with E-state index in [1.54, 1.807) is 12.1 Å². The van der Waals surface area contributed by atoms with Gasteiger partial charge in [-0.05, 0) is 18.6 Å². The maximum Gasteiger partial charge on any atom is 1.00 e. The van der Waals surface area contributed by atoms with Crippen LogP contribution in [-0.4, -0.2) is 12.6 Å². The molecule has 0 N–H and O–H groups in total. The van der Waals surface area contributed by atoms with Crippen molar-refractivity contribution in [3.05, 3.63) is 35.9 Å². The van der Waals surface area contributed by atoms with Gasteiger partial charge in [0.2, 0.25) is 0 Å². The fourth-order valence-corrected chi connectivity index (χ4v) is 0.967. The van der Waals surface area contributed by atoms with Gasteiger partial charge in [-0.3, -0.25) is 0 Å². The summed E-state index contributed by atoms with van der Waals surface area (Å²) in [6, 6.07) is 9.05. The van der Waals surface area contributed by atoms with Crippen molar-refractivity contribution in [3.8, 4) is 0 Å². The molecule has 2 nitrogen and oxygen atoms in total. The van der Waals surface area contributed by atoms with Gasteiger partial charge in [0.15, 0.2) is 0 Å². The maximum absolute atomic E-state index is 11.3. The first-order valence-electron chi connectivity index (χ1n) is 4.56. The molecule has 0 atom stereocenters. The Labute approximate surface area is 107 Å². The number of benzene rings is 1. The van der Waals surface area contributed by atoms with Crippen LogP contribution in [0.5, 0.6) is 0 Å². The number of hydrogen-bond acceptors (Lipinski definition) is 2. The summed E-state index contributed by atoms with van der Waals surface area (Å²) in [6.45, 7) is 2.58. The van der Waals surface area contributed by atoms with Crippen LogP contribution in [0.25, 0.3) is 0 Å². The summed E-state index contributed by atoms with van der Waals surface area (Å²) in [5.74, 6) is -0.228. The molecule has 0 saturated heterocycles. The van der Waals surface area contributed by atoms with E-state index in [9.17, 15) is 4.79 Å². The second-order valence-corrected chi connectivity index (χ2v) is 2.86. The Bertz CT molecular complexity index is 259. The third kappa shape index (κ3) is 4.80. The Morgan fingerprint density at radius 1 is 1.29 bits per heavy atom. The molecule has 0 aliphatic heterocycles. The van der Waals surface area contributed by atoms with Crippen LogP contribution < -0.4 is 29.6 Å². The minimum absolute atomic E-state index is 0. The monoisotopic (exact) mass is 201 g/mol. The van der Waals surface area contributed by atoms with Crippen LogP contribution >= 0.6 is 0 Å². The summed E-state index contributed by atoms with van der Waals surface area (Å²) < 4.78 is 5.03. The molecule has 1 aromatic carbocycles. The van der Waals surface area contributed by atoms with E-state index in [0.717, 1.165) is 12.8 Å². The molecule has 0 aromatic heterocycles. The SMILES string of the molecule is CCCCOC(=O)c1ccccc1.[Na+]. The van der Waals surface area contributed by atoms with Gasteiger partial charge < -0.3 is 4.74 Å². The van der Waals surface area contributed by atoms with Crippen molar-refractivity contribution >= 4 is 5.97 Å². The van der Waals surface area contributed by atoms with Crippen LogP contribution in [0.15, 0.2) is 30.3 Å². The van der Waals surface area contributed by atoms with Crippen molar-refractivity contribution < 1.29 is 39.1 Å². The van der Waals surface area contributed by atoms with Crippen molar-refractivity contribution in [2.24, 2.45) is 0 Å². The molecule has 0 aliphatic rings.